The van der Waals surface area contributed by atoms with Gasteiger partial charge in [-0.3, -0.25) is 9.59 Å². The van der Waals surface area contributed by atoms with Gasteiger partial charge < -0.3 is 15.0 Å². The molecule has 0 unspecified atom stereocenters. The molecule has 2 amide bonds. The number of ether oxygens (including phenoxy) is 1. The minimum Gasteiger partial charge on any atom is -0.376 e. The molecule has 0 bridgehead atoms. The SMILES string of the molecule is COC1(C2(NC(=O)C3CCCC3)CN(C(=O)c3ccsc3)C2)CC1. The van der Waals surface area contributed by atoms with Gasteiger partial charge in [-0.15, -0.1) is 0 Å². The van der Waals surface area contributed by atoms with E-state index in [1.54, 1.807) is 7.11 Å². The van der Waals surface area contributed by atoms with Crippen LogP contribution < -0.4 is 5.32 Å². The number of rotatable bonds is 5. The summed E-state index contributed by atoms with van der Waals surface area (Å²) >= 11 is 1.53. The van der Waals surface area contributed by atoms with Gasteiger partial charge in [-0.1, -0.05) is 12.8 Å². The molecule has 2 aliphatic carbocycles. The van der Waals surface area contributed by atoms with Gasteiger partial charge in [0.15, 0.2) is 0 Å². The molecular formula is C18H24N2O3S. The zero-order valence-electron chi connectivity index (χ0n) is 14.0. The maximum atomic E-state index is 12.7. The minimum atomic E-state index is -0.410. The Bertz CT molecular complexity index is 627. The lowest BCUT2D eigenvalue weighted by Crippen LogP contribution is -2.78. The summed E-state index contributed by atoms with van der Waals surface area (Å²) in [5, 5.41) is 7.09. The lowest BCUT2D eigenvalue weighted by Gasteiger charge is -2.54. The molecular weight excluding hydrogens is 324 g/mol. The van der Waals surface area contributed by atoms with E-state index in [1.165, 1.54) is 11.3 Å². The van der Waals surface area contributed by atoms with Crippen LogP contribution in [0.15, 0.2) is 16.8 Å². The summed E-state index contributed by atoms with van der Waals surface area (Å²) in [6.45, 7) is 1.10. The Kier molecular flexibility index (Phi) is 3.92. The maximum Gasteiger partial charge on any atom is 0.254 e. The first-order valence-corrected chi connectivity index (χ1v) is 9.72. The fourth-order valence-corrected chi connectivity index (χ4v) is 4.95. The standard InChI is InChI=1S/C18H24N2O3S/c1-23-18(7-8-18)17(19-15(21)13-4-2-3-5-13)11-20(12-17)16(22)14-6-9-24-10-14/h6,9-10,13H,2-5,7-8,11-12H2,1H3,(H,19,21). The second-order valence-electron chi connectivity index (χ2n) is 7.42. The molecule has 3 fully saturated rings. The Morgan fingerprint density at radius 3 is 2.54 bits per heavy atom. The summed E-state index contributed by atoms with van der Waals surface area (Å²) in [4.78, 5) is 27.0. The smallest absolute Gasteiger partial charge is 0.254 e. The maximum absolute atomic E-state index is 12.7. The van der Waals surface area contributed by atoms with Crippen molar-refractivity contribution in [3.63, 3.8) is 0 Å². The van der Waals surface area contributed by atoms with E-state index in [2.05, 4.69) is 5.32 Å². The molecule has 1 saturated heterocycles. The fourth-order valence-electron chi connectivity index (χ4n) is 4.32. The number of amides is 2. The van der Waals surface area contributed by atoms with Gasteiger partial charge in [0, 0.05) is 31.5 Å². The summed E-state index contributed by atoms with van der Waals surface area (Å²) in [6.07, 6.45) is 6.16. The highest BCUT2D eigenvalue weighted by Gasteiger charge is 2.66. The van der Waals surface area contributed by atoms with Crippen molar-refractivity contribution >= 4 is 23.2 Å². The highest BCUT2D eigenvalue weighted by atomic mass is 32.1. The number of hydrogen-bond acceptors (Lipinski definition) is 4. The van der Waals surface area contributed by atoms with Crippen LogP contribution in [0.25, 0.3) is 0 Å². The molecule has 6 heteroatoms. The average Bonchev–Trinajstić information content (AvgIpc) is 2.98. The molecule has 0 spiro atoms. The molecule has 0 atom stereocenters. The quantitative estimate of drug-likeness (QED) is 0.889. The van der Waals surface area contributed by atoms with Crippen molar-refractivity contribution in [2.75, 3.05) is 20.2 Å². The van der Waals surface area contributed by atoms with Crippen molar-refractivity contribution in [2.45, 2.75) is 49.7 Å². The number of nitrogens with one attached hydrogen (secondary N) is 1. The third-order valence-corrected chi connectivity index (χ3v) is 6.72. The van der Waals surface area contributed by atoms with E-state index in [0.29, 0.717) is 13.1 Å². The van der Waals surface area contributed by atoms with Crippen molar-refractivity contribution in [3.8, 4) is 0 Å². The van der Waals surface area contributed by atoms with Crippen LogP contribution in [-0.2, 0) is 9.53 Å². The highest BCUT2D eigenvalue weighted by molar-refractivity contribution is 7.08. The Labute approximate surface area is 146 Å². The van der Waals surface area contributed by atoms with Crippen LogP contribution in [-0.4, -0.2) is 48.1 Å². The van der Waals surface area contributed by atoms with Gasteiger partial charge in [0.2, 0.25) is 5.91 Å². The van der Waals surface area contributed by atoms with Crippen LogP contribution in [0.1, 0.15) is 48.9 Å². The van der Waals surface area contributed by atoms with Crippen molar-refractivity contribution in [3.05, 3.63) is 22.4 Å². The Balaban J connectivity index is 1.48. The number of hydrogen-bond donors (Lipinski definition) is 1. The van der Waals surface area contributed by atoms with Crippen LogP contribution >= 0.6 is 11.3 Å². The first-order valence-electron chi connectivity index (χ1n) is 8.78. The number of carbonyl (C=O) groups excluding carboxylic acids is 2. The van der Waals surface area contributed by atoms with E-state index < -0.39 is 5.54 Å². The molecule has 0 radical (unpaired) electrons. The molecule has 0 aromatic carbocycles. The van der Waals surface area contributed by atoms with Crippen molar-refractivity contribution in [2.24, 2.45) is 5.92 Å². The summed E-state index contributed by atoms with van der Waals surface area (Å²) in [6, 6.07) is 1.85. The second-order valence-corrected chi connectivity index (χ2v) is 8.20. The van der Waals surface area contributed by atoms with E-state index >= 15 is 0 Å². The predicted octanol–water partition coefficient (Wildman–Crippen LogP) is 2.43. The fraction of sp³-hybridized carbons (Fsp3) is 0.667. The minimum absolute atomic E-state index is 0.0499. The summed E-state index contributed by atoms with van der Waals surface area (Å²) < 4.78 is 5.79. The monoisotopic (exact) mass is 348 g/mol. The zero-order valence-corrected chi connectivity index (χ0v) is 14.9. The van der Waals surface area contributed by atoms with Gasteiger partial charge in [0.1, 0.15) is 5.54 Å². The number of carbonyl (C=O) groups is 2. The number of likely N-dealkylation sites (tertiary alicyclic amines) is 1. The van der Waals surface area contributed by atoms with Gasteiger partial charge in [0.05, 0.1) is 11.2 Å². The third kappa shape index (κ3) is 2.47. The number of methoxy groups -OCH3 is 1. The van der Waals surface area contributed by atoms with Crippen LogP contribution in [0.2, 0.25) is 0 Å². The van der Waals surface area contributed by atoms with Gasteiger partial charge in [-0.25, -0.2) is 0 Å². The van der Waals surface area contributed by atoms with Crippen molar-refractivity contribution in [1.82, 2.24) is 10.2 Å². The molecule has 1 aliphatic heterocycles. The van der Waals surface area contributed by atoms with Crippen LogP contribution in [0.5, 0.6) is 0 Å². The van der Waals surface area contributed by atoms with Crippen molar-refractivity contribution in [1.29, 1.82) is 0 Å². The van der Waals surface area contributed by atoms with Gasteiger partial charge in [-0.05, 0) is 37.1 Å². The number of thiophene rings is 1. The van der Waals surface area contributed by atoms with E-state index in [4.69, 9.17) is 4.74 Å². The Morgan fingerprint density at radius 2 is 2.00 bits per heavy atom. The molecule has 1 N–H and O–H groups in total. The van der Waals surface area contributed by atoms with E-state index in [0.717, 1.165) is 44.1 Å². The normalized spacial score (nSPS) is 24.5. The van der Waals surface area contributed by atoms with E-state index in [1.807, 2.05) is 21.7 Å². The Hall–Kier alpha value is -1.40. The van der Waals surface area contributed by atoms with Crippen LogP contribution in [0, 0.1) is 5.92 Å². The zero-order chi connectivity index (χ0) is 16.8. The average molecular weight is 348 g/mol. The largest absolute Gasteiger partial charge is 0.376 e. The lowest BCUT2D eigenvalue weighted by molar-refractivity contribution is -0.136. The molecule has 3 aliphatic rings. The number of nitrogens with zero attached hydrogens (tertiary/aromatic N) is 1. The molecule has 5 nitrogen and oxygen atoms in total. The summed E-state index contributed by atoms with van der Waals surface area (Å²) in [5.41, 5.74) is 0.0396. The molecule has 2 heterocycles. The van der Waals surface area contributed by atoms with Gasteiger partial charge in [0.25, 0.3) is 5.91 Å². The van der Waals surface area contributed by atoms with Crippen molar-refractivity contribution < 1.29 is 14.3 Å². The second kappa shape index (κ2) is 5.85. The lowest BCUT2D eigenvalue weighted by atomic mass is 9.80. The van der Waals surface area contributed by atoms with Gasteiger partial charge in [-0.2, -0.15) is 11.3 Å². The van der Waals surface area contributed by atoms with Crippen LogP contribution in [0.4, 0.5) is 0 Å². The summed E-state index contributed by atoms with van der Waals surface area (Å²) in [5.74, 6) is 0.337. The Morgan fingerprint density at radius 1 is 1.29 bits per heavy atom. The predicted molar refractivity (Wildman–Crippen MR) is 92.0 cm³/mol. The molecule has 4 rings (SSSR count). The molecule has 1 aromatic rings. The first kappa shape index (κ1) is 16.1. The molecule has 2 saturated carbocycles. The highest BCUT2D eigenvalue weighted by Crippen LogP contribution is 2.52. The summed E-state index contributed by atoms with van der Waals surface area (Å²) in [7, 11) is 1.72. The van der Waals surface area contributed by atoms with Gasteiger partial charge >= 0.3 is 0 Å². The molecule has 24 heavy (non-hydrogen) atoms. The van der Waals surface area contributed by atoms with E-state index in [9.17, 15) is 9.59 Å². The topological polar surface area (TPSA) is 58.6 Å². The molecule has 130 valence electrons. The van der Waals surface area contributed by atoms with Crippen LogP contribution in [0.3, 0.4) is 0 Å². The molecule has 1 aromatic heterocycles. The third-order valence-electron chi connectivity index (χ3n) is 6.03. The van der Waals surface area contributed by atoms with E-state index in [-0.39, 0.29) is 23.3 Å². The first-order chi connectivity index (χ1) is 11.6.